The topological polar surface area (TPSA) is 110 Å². The maximum Gasteiger partial charge on any atom is 0.410 e. The molecule has 0 unspecified atom stereocenters. The van der Waals surface area contributed by atoms with Crippen LogP contribution in [0.2, 0.25) is 0 Å². The van der Waals surface area contributed by atoms with Gasteiger partial charge in [-0.2, -0.15) is 0 Å². The Morgan fingerprint density at radius 3 is 2.64 bits per heavy atom. The SMILES string of the molecule is Cc1ccc2c(N3CCCC3=O)cccc2c1Oc1ncccc1-c1ccnc(N[C@H]2CCCN(C(=O)OC(C)(C)C)C2)n1. The molecule has 2 fully saturated rings. The molecule has 10 nitrogen and oxygen atoms in total. The van der Waals surface area contributed by atoms with Gasteiger partial charge < -0.3 is 24.6 Å². The first-order valence-corrected chi connectivity index (χ1v) is 15.2. The minimum absolute atomic E-state index is 0.00819. The quantitative estimate of drug-likeness (QED) is 0.262. The van der Waals surface area contributed by atoms with E-state index in [0.717, 1.165) is 53.4 Å². The Morgan fingerprint density at radius 1 is 0.977 bits per heavy atom. The summed E-state index contributed by atoms with van der Waals surface area (Å²) in [6, 6.07) is 15.6. The Balaban J connectivity index is 1.25. The van der Waals surface area contributed by atoms with E-state index in [-0.39, 0.29) is 18.0 Å². The molecular weight excluding hydrogens is 556 g/mol. The van der Waals surface area contributed by atoms with Crippen LogP contribution in [0.5, 0.6) is 11.6 Å². The molecule has 10 heteroatoms. The van der Waals surface area contributed by atoms with Crippen LogP contribution >= 0.6 is 0 Å². The number of amides is 2. The molecule has 2 saturated heterocycles. The molecular formula is C34H38N6O4. The molecule has 44 heavy (non-hydrogen) atoms. The fourth-order valence-corrected chi connectivity index (χ4v) is 5.81. The van der Waals surface area contributed by atoms with Gasteiger partial charge in [0.05, 0.1) is 16.9 Å². The smallest absolute Gasteiger partial charge is 0.410 e. The van der Waals surface area contributed by atoms with Crippen LogP contribution in [0.25, 0.3) is 22.0 Å². The van der Waals surface area contributed by atoms with Crippen LogP contribution in [0.3, 0.4) is 0 Å². The summed E-state index contributed by atoms with van der Waals surface area (Å²) in [5.41, 5.74) is 2.69. The second-order valence-corrected chi connectivity index (χ2v) is 12.4. The number of nitrogens with zero attached hydrogens (tertiary/aromatic N) is 5. The zero-order valence-electron chi connectivity index (χ0n) is 25.7. The predicted molar refractivity (Wildman–Crippen MR) is 170 cm³/mol. The lowest BCUT2D eigenvalue weighted by Crippen LogP contribution is -2.47. The first-order valence-electron chi connectivity index (χ1n) is 15.2. The van der Waals surface area contributed by atoms with E-state index in [9.17, 15) is 9.59 Å². The lowest BCUT2D eigenvalue weighted by atomic mass is 10.0. The Morgan fingerprint density at radius 2 is 1.84 bits per heavy atom. The molecule has 2 aromatic heterocycles. The summed E-state index contributed by atoms with van der Waals surface area (Å²) in [4.78, 5) is 42.7. The van der Waals surface area contributed by atoms with Gasteiger partial charge in [-0.15, -0.1) is 0 Å². The molecule has 6 rings (SSSR count). The number of fused-ring (bicyclic) bond motifs is 1. The third kappa shape index (κ3) is 6.29. The minimum Gasteiger partial charge on any atom is -0.444 e. The zero-order valence-corrected chi connectivity index (χ0v) is 25.7. The standard InChI is InChI=1S/C34H38N6O4/c1-22-14-15-24-25(10-5-12-28(24)40-20-8-13-29(40)41)30(22)43-31-26(11-6-17-35-31)27-16-18-36-32(38-27)37-23-9-7-19-39(21-23)33(42)44-34(2,3)4/h5-6,10-12,14-18,23H,7-9,13,19-21H2,1-4H3,(H,36,37,38)/t23-/m0/s1. The number of benzene rings is 2. The molecule has 0 spiro atoms. The number of rotatable bonds is 6. The third-order valence-corrected chi connectivity index (χ3v) is 7.86. The second-order valence-electron chi connectivity index (χ2n) is 12.4. The monoisotopic (exact) mass is 594 g/mol. The van der Waals surface area contributed by atoms with Crippen molar-refractivity contribution in [3.05, 3.63) is 66.5 Å². The maximum atomic E-state index is 12.7. The molecule has 1 atom stereocenters. The molecule has 228 valence electrons. The fourth-order valence-electron chi connectivity index (χ4n) is 5.81. The normalized spacial score (nSPS) is 17.2. The summed E-state index contributed by atoms with van der Waals surface area (Å²) >= 11 is 0. The van der Waals surface area contributed by atoms with Gasteiger partial charge in [0, 0.05) is 55.3 Å². The Hall–Kier alpha value is -4.73. The first kappa shape index (κ1) is 29.3. The average molecular weight is 595 g/mol. The number of piperidine rings is 1. The summed E-state index contributed by atoms with van der Waals surface area (Å²) in [6.07, 6.45) is 6.27. The van der Waals surface area contributed by atoms with Crippen LogP contribution in [0, 0.1) is 6.92 Å². The molecule has 4 heterocycles. The van der Waals surface area contributed by atoms with Gasteiger partial charge in [-0.25, -0.2) is 19.7 Å². The number of anilines is 2. The molecule has 0 aliphatic carbocycles. The summed E-state index contributed by atoms with van der Waals surface area (Å²) in [5.74, 6) is 1.72. The Labute approximate surface area is 257 Å². The maximum absolute atomic E-state index is 12.7. The fraction of sp³-hybridized carbons (Fsp3) is 0.382. The van der Waals surface area contributed by atoms with Crippen LogP contribution in [-0.2, 0) is 9.53 Å². The van der Waals surface area contributed by atoms with E-state index < -0.39 is 5.60 Å². The van der Waals surface area contributed by atoms with Gasteiger partial charge in [-0.05, 0) is 76.8 Å². The van der Waals surface area contributed by atoms with Crippen molar-refractivity contribution in [1.82, 2.24) is 19.9 Å². The number of carbonyl (C=O) groups excluding carboxylic acids is 2. The predicted octanol–water partition coefficient (Wildman–Crippen LogP) is 6.73. The van der Waals surface area contributed by atoms with Gasteiger partial charge in [-0.3, -0.25) is 4.79 Å². The van der Waals surface area contributed by atoms with Crippen molar-refractivity contribution >= 4 is 34.4 Å². The molecule has 4 aromatic rings. The summed E-state index contributed by atoms with van der Waals surface area (Å²) in [6.45, 7) is 9.50. The summed E-state index contributed by atoms with van der Waals surface area (Å²) in [5, 5.41) is 5.29. The number of hydrogen-bond donors (Lipinski definition) is 1. The Bertz CT molecular complexity index is 1700. The van der Waals surface area contributed by atoms with Crippen molar-refractivity contribution in [2.24, 2.45) is 0 Å². The molecule has 0 saturated carbocycles. The van der Waals surface area contributed by atoms with E-state index in [2.05, 4.69) is 21.4 Å². The Kier molecular flexibility index (Phi) is 8.07. The number of likely N-dealkylation sites (tertiary alicyclic amines) is 1. The van der Waals surface area contributed by atoms with Crippen molar-refractivity contribution in [3.8, 4) is 22.9 Å². The van der Waals surface area contributed by atoms with E-state index in [1.165, 1.54) is 0 Å². The van der Waals surface area contributed by atoms with Crippen molar-refractivity contribution in [2.75, 3.05) is 29.9 Å². The highest BCUT2D eigenvalue weighted by Gasteiger charge is 2.28. The van der Waals surface area contributed by atoms with Gasteiger partial charge >= 0.3 is 6.09 Å². The van der Waals surface area contributed by atoms with Gasteiger partial charge in [0.2, 0.25) is 17.7 Å². The van der Waals surface area contributed by atoms with Crippen molar-refractivity contribution in [3.63, 3.8) is 0 Å². The average Bonchev–Trinajstić information content (AvgIpc) is 3.43. The summed E-state index contributed by atoms with van der Waals surface area (Å²) < 4.78 is 12.1. The van der Waals surface area contributed by atoms with Gasteiger partial charge in [0.25, 0.3) is 0 Å². The third-order valence-electron chi connectivity index (χ3n) is 7.86. The number of aromatic nitrogens is 3. The highest BCUT2D eigenvalue weighted by atomic mass is 16.6. The van der Waals surface area contributed by atoms with Gasteiger partial charge in [-0.1, -0.05) is 24.3 Å². The van der Waals surface area contributed by atoms with Crippen molar-refractivity contribution in [2.45, 2.75) is 65.0 Å². The molecule has 2 amide bonds. The number of aryl methyl sites for hydroxylation is 1. The lowest BCUT2D eigenvalue weighted by Gasteiger charge is -2.34. The van der Waals surface area contributed by atoms with Gasteiger partial charge in [0.15, 0.2) is 0 Å². The number of pyridine rings is 1. The zero-order chi connectivity index (χ0) is 30.8. The molecule has 0 radical (unpaired) electrons. The number of carbonyl (C=O) groups is 2. The van der Waals surface area contributed by atoms with Crippen LogP contribution in [0.1, 0.15) is 52.0 Å². The van der Waals surface area contributed by atoms with E-state index >= 15 is 0 Å². The summed E-state index contributed by atoms with van der Waals surface area (Å²) in [7, 11) is 0. The second kappa shape index (κ2) is 12.1. The van der Waals surface area contributed by atoms with E-state index in [1.807, 2.05) is 75.1 Å². The first-order chi connectivity index (χ1) is 21.2. The van der Waals surface area contributed by atoms with Gasteiger partial charge in [0.1, 0.15) is 11.4 Å². The van der Waals surface area contributed by atoms with Crippen LogP contribution in [0.15, 0.2) is 60.9 Å². The highest BCUT2D eigenvalue weighted by Crippen LogP contribution is 2.40. The molecule has 1 N–H and O–H groups in total. The van der Waals surface area contributed by atoms with E-state index in [1.54, 1.807) is 17.3 Å². The van der Waals surface area contributed by atoms with E-state index in [0.29, 0.717) is 42.8 Å². The van der Waals surface area contributed by atoms with Crippen LogP contribution in [0.4, 0.5) is 16.4 Å². The molecule has 2 aliphatic heterocycles. The minimum atomic E-state index is -0.543. The van der Waals surface area contributed by atoms with Crippen molar-refractivity contribution < 1.29 is 19.1 Å². The molecule has 2 aliphatic rings. The largest absolute Gasteiger partial charge is 0.444 e. The molecule has 2 aromatic carbocycles. The highest BCUT2D eigenvalue weighted by molar-refractivity contribution is 6.06. The van der Waals surface area contributed by atoms with Crippen LogP contribution in [-0.4, -0.2) is 63.1 Å². The number of hydrogen-bond acceptors (Lipinski definition) is 8. The van der Waals surface area contributed by atoms with Crippen molar-refractivity contribution in [1.29, 1.82) is 0 Å². The van der Waals surface area contributed by atoms with Crippen LogP contribution < -0.4 is 15.0 Å². The molecule has 0 bridgehead atoms. The number of nitrogens with one attached hydrogen (secondary N) is 1. The van der Waals surface area contributed by atoms with E-state index in [4.69, 9.17) is 14.5 Å². The lowest BCUT2D eigenvalue weighted by molar-refractivity contribution is -0.117. The number of ether oxygens (including phenoxy) is 2.